The summed E-state index contributed by atoms with van der Waals surface area (Å²) in [6.07, 6.45) is 4.55. The van der Waals surface area contributed by atoms with Crippen LogP contribution in [-0.2, 0) is 20.7 Å². The molecule has 0 aromatic heterocycles. The first-order valence-electron chi connectivity index (χ1n) is 10.1. The molecule has 28 heavy (non-hydrogen) atoms. The van der Waals surface area contributed by atoms with Gasteiger partial charge in [0.25, 0.3) is 0 Å². The lowest BCUT2D eigenvalue weighted by Crippen LogP contribution is -2.33. The Kier molecular flexibility index (Phi) is 5.35. The quantitative estimate of drug-likeness (QED) is 0.561. The van der Waals surface area contributed by atoms with Gasteiger partial charge in [0.15, 0.2) is 9.84 Å². The monoisotopic (exact) mass is 396 g/mol. The summed E-state index contributed by atoms with van der Waals surface area (Å²) in [5.41, 5.74) is 6.78. The number of hydrogen-bond donors (Lipinski definition) is 0. The van der Waals surface area contributed by atoms with E-state index in [1.54, 1.807) is 19.1 Å². The van der Waals surface area contributed by atoms with Crippen LogP contribution in [-0.4, -0.2) is 14.2 Å². The molecular weight excluding hydrogens is 364 g/mol. The van der Waals surface area contributed by atoms with Crippen molar-refractivity contribution in [3.05, 3.63) is 64.7 Å². The van der Waals surface area contributed by atoms with Crippen molar-refractivity contribution in [3.8, 4) is 0 Å². The molecule has 0 heterocycles. The lowest BCUT2D eigenvalue weighted by Gasteiger charge is -2.42. The maximum atomic E-state index is 12.0. The van der Waals surface area contributed by atoms with Gasteiger partial charge in [-0.05, 0) is 70.6 Å². The van der Waals surface area contributed by atoms with Crippen LogP contribution in [0.2, 0.25) is 0 Å². The van der Waals surface area contributed by atoms with Crippen LogP contribution in [0.1, 0.15) is 76.6 Å². The lowest BCUT2D eigenvalue weighted by atomic mass is 9.63. The molecule has 0 bridgehead atoms. The van der Waals surface area contributed by atoms with Crippen molar-refractivity contribution in [1.29, 1.82) is 0 Å². The van der Waals surface area contributed by atoms with Gasteiger partial charge in [0.1, 0.15) is 0 Å². The van der Waals surface area contributed by atoms with Crippen molar-refractivity contribution >= 4 is 21.5 Å². The first-order chi connectivity index (χ1) is 13.0. The third-order valence-corrected chi connectivity index (χ3v) is 8.06. The number of benzene rings is 2. The largest absolute Gasteiger partial charge is 0.224 e. The van der Waals surface area contributed by atoms with E-state index < -0.39 is 9.84 Å². The van der Waals surface area contributed by atoms with E-state index in [-0.39, 0.29) is 16.6 Å². The Hall–Kier alpha value is -1.87. The molecule has 2 aromatic rings. The van der Waals surface area contributed by atoms with Crippen LogP contribution < -0.4 is 0 Å². The Labute approximate surface area is 170 Å². The van der Waals surface area contributed by atoms with Crippen molar-refractivity contribution in [2.24, 2.45) is 0 Å². The first-order valence-corrected chi connectivity index (χ1v) is 11.8. The maximum Gasteiger partial charge on any atom is 0.178 e. The highest BCUT2D eigenvalue weighted by Crippen LogP contribution is 2.46. The van der Waals surface area contributed by atoms with Gasteiger partial charge in [-0.25, -0.2) is 8.42 Å². The second-order valence-electron chi connectivity index (χ2n) is 9.33. The smallest absolute Gasteiger partial charge is 0.178 e. The maximum absolute atomic E-state index is 12.0. The Bertz CT molecular complexity index is 1010. The second kappa shape index (κ2) is 7.18. The standard InChI is InChI=1S/C25H32O2S/c1-7-28(26,27)21-11-8-19(9-12-21)16-18(2)20-10-13-22-23(17-20)25(5,6)15-14-24(22,3)4/h8-13,16-17H,7,14-15H2,1-6H3/b18-16-. The molecule has 0 spiro atoms. The van der Waals surface area contributed by atoms with Gasteiger partial charge < -0.3 is 0 Å². The summed E-state index contributed by atoms with van der Waals surface area (Å²) in [4.78, 5) is 0.391. The number of hydrogen-bond acceptors (Lipinski definition) is 2. The lowest BCUT2D eigenvalue weighted by molar-refractivity contribution is 0.332. The van der Waals surface area contributed by atoms with Crippen LogP contribution in [0.5, 0.6) is 0 Å². The molecule has 0 saturated heterocycles. The highest BCUT2D eigenvalue weighted by atomic mass is 32.2. The molecule has 0 radical (unpaired) electrons. The van der Waals surface area contributed by atoms with Crippen molar-refractivity contribution in [2.75, 3.05) is 5.75 Å². The van der Waals surface area contributed by atoms with Crippen LogP contribution in [0.3, 0.4) is 0 Å². The van der Waals surface area contributed by atoms with E-state index in [2.05, 4.69) is 58.9 Å². The van der Waals surface area contributed by atoms with Crippen LogP contribution in [0, 0.1) is 0 Å². The fourth-order valence-corrected chi connectivity index (χ4v) is 4.99. The molecule has 0 unspecified atom stereocenters. The molecule has 0 aliphatic heterocycles. The van der Waals surface area contributed by atoms with E-state index in [0.29, 0.717) is 4.90 Å². The summed E-state index contributed by atoms with van der Waals surface area (Å²) in [6.45, 7) is 13.2. The zero-order valence-corrected chi connectivity index (χ0v) is 18.8. The molecule has 0 fully saturated rings. The van der Waals surface area contributed by atoms with Crippen molar-refractivity contribution in [1.82, 2.24) is 0 Å². The number of rotatable bonds is 4. The topological polar surface area (TPSA) is 34.1 Å². The summed E-state index contributed by atoms with van der Waals surface area (Å²) < 4.78 is 24.0. The van der Waals surface area contributed by atoms with Crippen molar-refractivity contribution in [3.63, 3.8) is 0 Å². The fraction of sp³-hybridized carbons (Fsp3) is 0.440. The predicted molar refractivity (Wildman–Crippen MR) is 119 cm³/mol. The van der Waals surface area contributed by atoms with Gasteiger partial charge in [-0.1, -0.05) is 71.0 Å². The van der Waals surface area contributed by atoms with E-state index in [1.807, 2.05) is 12.1 Å². The van der Waals surface area contributed by atoms with Crippen LogP contribution in [0.4, 0.5) is 0 Å². The molecule has 2 nitrogen and oxygen atoms in total. The van der Waals surface area contributed by atoms with Crippen molar-refractivity contribution in [2.45, 2.75) is 70.1 Å². The second-order valence-corrected chi connectivity index (χ2v) is 11.6. The molecule has 0 amide bonds. The van der Waals surface area contributed by atoms with Gasteiger partial charge in [-0.15, -0.1) is 0 Å². The zero-order chi connectivity index (χ0) is 20.7. The molecule has 0 atom stereocenters. The Morgan fingerprint density at radius 3 is 2.07 bits per heavy atom. The predicted octanol–water partition coefficient (Wildman–Crippen LogP) is 6.39. The first kappa shape index (κ1) is 20.9. The summed E-state index contributed by atoms with van der Waals surface area (Å²) in [6, 6.07) is 14.1. The molecule has 3 heteroatoms. The van der Waals surface area contributed by atoms with E-state index in [0.717, 1.165) is 5.56 Å². The summed E-state index contributed by atoms with van der Waals surface area (Å²) in [5.74, 6) is 0.127. The molecule has 2 aromatic carbocycles. The number of fused-ring (bicyclic) bond motifs is 1. The molecule has 1 aliphatic carbocycles. The number of sulfone groups is 1. The normalized spacial score (nSPS) is 18.6. The molecule has 0 N–H and O–H groups in total. The van der Waals surface area contributed by atoms with E-state index >= 15 is 0 Å². The highest BCUT2D eigenvalue weighted by molar-refractivity contribution is 7.91. The third kappa shape index (κ3) is 3.96. The van der Waals surface area contributed by atoms with E-state index in [1.165, 1.54) is 35.1 Å². The van der Waals surface area contributed by atoms with Gasteiger partial charge in [-0.2, -0.15) is 0 Å². The molecule has 0 saturated carbocycles. The third-order valence-electron chi connectivity index (χ3n) is 6.31. The average Bonchev–Trinajstić information content (AvgIpc) is 2.65. The van der Waals surface area contributed by atoms with Gasteiger partial charge in [0.2, 0.25) is 0 Å². The van der Waals surface area contributed by atoms with Gasteiger partial charge in [0.05, 0.1) is 10.6 Å². The Morgan fingerprint density at radius 1 is 0.929 bits per heavy atom. The van der Waals surface area contributed by atoms with Gasteiger partial charge in [-0.3, -0.25) is 0 Å². The zero-order valence-electron chi connectivity index (χ0n) is 18.0. The van der Waals surface area contributed by atoms with Crippen LogP contribution in [0.15, 0.2) is 47.4 Å². The van der Waals surface area contributed by atoms with Crippen LogP contribution >= 0.6 is 0 Å². The highest BCUT2D eigenvalue weighted by Gasteiger charge is 2.36. The Balaban J connectivity index is 1.96. The van der Waals surface area contributed by atoms with E-state index in [4.69, 9.17) is 0 Å². The molecular formula is C25H32O2S. The molecule has 150 valence electrons. The fourth-order valence-electron chi connectivity index (χ4n) is 4.11. The molecule has 1 aliphatic rings. The summed E-state index contributed by atoms with van der Waals surface area (Å²) in [5, 5.41) is 0. The minimum Gasteiger partial charge on any atom is -0.224 e. The average molecular weight is 397 g/mol. The van der Waals surface area contributed by atoms with E-state index in [9.17, 15) is 8.42 Å². The SMILES string of the molecule is CCS(=O)(=O)c1ccc(/C=C(/C)c2ccc3c(c2)C(C)(C)CCC3(C)C)cc1. The molecule has 3 rings (SSSR count). The summed E-state index contributed by atoms with van der Waals surface area (Å²) >= 11 is 0. The van der Waals surface area contributed by atoms with Gasteiger partial charge in [0, 0.05) is 0 Å². The van der Waals surface area contributed by atoms with Gasteiger partial charge >= 0.3 is 0 Å². The summed E-state index contributed by atoms with van der Waals surface area (Å²) in [7, 11) is -3.15. The minimum atomic E-state index is -3.15. The minimum absolute atomic E-state index is 0.127. The van der Waals surface area contributed by atoms with Crippen LogP contribution in [0.25, 0.3) is 11.6 Å². The van der Waals surface area contributed by atoms with Crippen molar-refractivity contribution < 1.29 is 8.42 Å². The Morgan fingerprint density at radius 2 is 1.50 bits per heavy atom. The number of allylic oxidation sites excluding steroid dienone is 1.